The molecule has 78 valence electrons. The lowest BCUT2D eigenvalue weighted by atomic mass is 10.2. The van der Waals surface area contributed by atoms with E-state index in [0.29, 0.717) is 11.3 Å². The molecule has 0 spiro atoms. The predicted molar refractivity (Wildman–Crippen MR) is 58.3 cm³/mol. The Morgan fingerprint density at radius 1 is 1.38 bits per heavy atom. The van der Waals surface area contributed by atoms with Crippen LogP contribution in [0.4, 0.5) is 0 Å². The molecule has 0 N–H and O–H groups in total. The van der Waals surface area contributed by atoms with Gasteiger partial charge in [0.2, 0.25) is 6.21 Å². The third-order valence-corrected chi connectivity index (χ3v) is 6.70. The smallest absolute Gasteiger partial charge is 0.209 e. The zero-order valence-corrected chi connectivity index (χ0v) is 10.5. The van der Waals surface area contributed by atoms with E-state index in [2.05, 4.69) is 33.9 Å². The highest BCUT2D eigenvalue weighted by Gasteiger charge is 2.36. The molecule has 0 saturated heterocycles. The average molecular weight is 203 g/mol. The van der Waals surface area contributed by atoms with Gasteiger partial charge in [-0.15, -0.1) is 0 Å². The van der Waals surface area contributed by atoms with E-state index in [4.69, 9.17) is 4.53 Å². The quantitative estimate of drug-likeness (QED) is 0.306. The number of hydrogen-bond donors (Lipinski definition) is 0. The van der Waals surface area contributed by atoms with Crippen LogP contribution >= 0.6 is 0 Å². The van der Waals surface area contributed by atoms with E-state index < -0.39 is 8.32 Å². The van der Waals surface area contributed by atoms with Gasteiger partial charge in [-0.05, 0) is 5.04 Å². The maximum Gasteiger partial charge on any atom is 0.209 e. The molecule has 0 amide bonds. The maximum atomic E-state index is 11.2. The number of hydrogen-bond acceptors (Lipinski definition) is 2. The molecule has 0 rings (SSSR count). The molecule has 0 fully saturated rings. The lowest BCUT2D eigenvalue weighted by Gasteiger charge is -2.37. The summed E-state index contributed by atoms with van der Waals surface area (Å²) < 4.78 is 5.40. The van der Waals surface area contributed by atoms with E-state index >= 15 is 0 Å². The van der Waals surface area contributed by atoms with Crippen LogP contribution in [0, 0.1) is 5.21 Å². The minimum absolute atomic E-state index is 0.0806. The molecule has 0 aliphatic carbocycles. The average Bonchev–Trinajstić information content (AvgIpc) is 1.83. The molecule has 0 radical (unpaired) electrons. The summed E-state index contributed by atoms with van der Waals surface area (Å²) in [5.41, 5.74) is 0. The molecule has 0 aromatic carbocycles. The first kappa shape index (κ1) is 12.5. The van der Waals surface area contributed by atoms with Crippen molar-refractivity contribution in [1.29, 1.82) is 0 Å². The van der Waals surface area contributed by atoms with Crippen molar-refractivity contribution < 1.29 is 9.43 Å². The van der Waals surface area contributed by atoms with Gasteiger partial charge in [-0.2, -0.15) is 0 Å². The topological polar surface area (TPSA) is 35.3 Å². The van der Waals surface area contributed by atoms with E-state index in [1.54, 1.807) is 0 Å². The second kappa shape index (κ2) is 4.13. The third-order valence-electron chi connectivity index (χ3n) is 2.46. The van der Waals surface area contributed by atoms with Gasteiger partial charge in [-0.1, -0.05) is 40.8 Å². The van der Waals surface area contributed by atoms with Crippen LogP contribution in [0.25, 0.3) is 0 Å². The van der Waals surface area contributed by atoms with Crippen molar-refractivity contribution in [3.63, 3.8) is 0 Å². The van der Waals surface area contributed by atoms with Crippen LogP contribution in [-0.2, 0) is 4.53 Å². The summed E-state index contributed by atoms with van der Waals surface area (Å²) in [6, 6.07) is 0. The number of nitrogens with zero attached hydrogens (tertiary/aromatic N) is 1. The van der Waals surface area contributed by atoms with Crippen molar-refractivity contribution >= 4 is 14.5 Å². The highest BCUT2D eigenvalue weighted by atomic mass is 28.4. The van der Waals surface area contributed by atoms with Crippen LogP contribution in [-0.4, -0.2) is 19.4 Å². The van der Waals surface area contributed by atoms with E-state index in [9.17, 15) is 5.21 Å². The predicted octanol–water partition coefficient (Wildman–Crippen LogP) is 2.91. The lowest BCUT2D eigenvalue weighted by Crippen LogP contribution is -2.43. The fourth-order valence-corrected chi connectivity index (χ4v) is 1.35. The summed E-state index contributed by atoms with van der Waals surface area (Å²) in [5, 5.41) is 11.3. The molecule has 0 saturated carbocycles. The van der Waals surface area contributed by atoms with Crippen LogP contribution in [0.3, 0.4) is 0 Å². The molecule has 0 aromatic rings. The van der Waals surface area contributed by atoms with E-state index in [1.165, 1.54) is 6.21 Å². The van der Waals surface area contributed by atoms with Gasteiger partial charge in [0.25, 0.3) is 0 Å². The highest BCUT2D eigenvalue weighted by Crippen LogP contribution is 2.36. The van der Waals surface area contributed by atoms with Crippen molar-refractivity contribution in [3.05, 3.63) is 5.21 Å². The molecule has 3 nitrogen and oxygen atoms in total. The molecule has 0 atom stereocenters. The van der Waals surface area contributed by atoms with Gasteiger partial charge >= 0.3 is 0 Å². The summed E-state index contributed by atoms with van der Waals surface area (Å²) in [7, 11) is -1.92. The molecule has 0 aromatic heterocycles. The second-order valence-electron chi connectivity index (χ2n) is 4.73. The Balaban J connectivity index is 4.43. The normalized spacial score (nSPS) is 14.5. The number of rotatable bonds is 3. The molecule has 13 heavy (non-hydrogen) atoms. The van der Waals surface area contributed by atoms with E-state index in [0.717, 1.165) is 0 Å². The molecule has 4 heteroatoms. The Morgan fingerprint density at radius 3 is 2.15 bits per heavy atom. The van der Waals surface area contributed by atoms with Crippen LogP contribution in [0.2, 0.25) is 18.1 Å². The Hall–Kier alpha value is -0.513. The van der Waals surface area contributed by atoms with Gasteiger partial charge in [0, 0.05) is 11.3 Å². The van der Waals surface area contributed by atoms with Gasteiger partial charge in [-0.3, -0.25) is 5.21 Å². The van der Waals surface area contributed by atoms with Crippen molar-refractivity contribution in [3.8, 4) is 0 Å². The molecular formula is C9H21NO2Si. The Morgan fingerprint density at radius 2 is 1.85 bits per heavy atom. The summed E-state index contributed by atoms with van der Waals surface area (Å²) in [6.07, 6.45) is 2.22. The van der Waals surface area contributed by atoms with Crippen LogP contribution in [0.5, 0.6) is 0 Å². The zero-order chi connectivity index (χ0) is 10.7. The molecule has 0 aliphatic heterocycles. The first-order valence-electron chi connectivity index (χ1n) is 4.69. The van der Waals surface area contributed by atoms with Crippen LogP contribution in [0.1, 0.15) is 34.1 Å². The van der Waals surface area contributed by atoms with Crippen molar-refractivity contribution in [2.45, 2.75) is 52.2 Å². The van der Waals surface area contributed by atoms with E-state index in [1.807, 2.05) is 6.92 Å². The summed E-state index contributed by atoms with van der Waals surface area (Å²) in [4.78, 5) is 0.622. The second-order valence-corrected chi connectivity index (χ2v) is 9.43. The largest absolute Gasteiger partial charge is 0.443 e. The minimum atomic E-state index is -1.92. The van der Waals surface area contributed by atoms with Crippen molar-refractivity contribution in [1.82, 2.24) is 0 Å². The molecule has 0 aliphatic rings. The SMILES string of the molecule is CCC=[N+]([O-])O[Si](C)(C)C(C)(C)C. The molecular weight excluding hydrogens is 182 g/mol. The third kappa shape index (κ3) is 3.80. The Kier molecular flexibility index (Phi) is 3.97. The van der Waals surface area contributed by atoms with E-state index in [-0.39, 0.29) is 5.04 Å². The first-order valence-corrected chi connectivity index (χ1v) is 7.60. The van der Waals surface area contributed by atoms with Crippen molar-refractivity contribution in [2.24, 2.45) is 0 Å². The van der Waals surface area contributed by atoms with Crippen LogP contribution in [0.15, 0.2) is 0 Å². The fourth-order valence-electron chi connectivity index (χ4n) is 0.548. The molecule has 0 unspecified atom stereocenters. The van der Waals surface area contributed by atoms with Gasteiger partial charge in [0.15, 0.2) is 8.32 Å². The summed E-state index contributed by atoms with van der Waals surface area (Å²) >= 11 is 0. The fraction of sp³-hybridized carbons (Fsp3) is 0.889. The Bertz CT molecular complexity index is 194. The maximum absolute atomic E-state index is 11.2. The monoisotopic (exact) mass is 203 g/mol. The van der Waals surface area contributed by atoms with Crippen LogP contribution < -0.4 is 0 Å². The van der Waals surface area contributed by atoms with Gasteiger partial charge in [-0.25, -0.2) is 0 Å². The standard InChI is InChI=1S/C9H21NO2Si/c1-7-8-10(11)12-13(5,6)9(2,3)4/h8H,7H2,1-6H3. The lowest BCUT2D eigenvalue weighted by molar-refractivity contribution is -0.702. The van der Waals surface area contributed by atoms with Gasteiger partial charge in [0.1, 0.15) is 0 Å². The van der Waals surface area contributed by atoms with Gasteiger partial charge in [0.05, 0.1) is 0 Å². The minimum Gasteiger partial charge on any atom is -0.443 e. The molecule has 0 heterocycles. The summed E-state index contributed by atoms with van der Waals surface area (Å²) in [5.74, 6) is 0. The van der Waals surface area contributed by atoms with Gasteiger partial charge < -0.3 is 4.53 Å². The first-order chi connectivity index (χ1) is 5.70. The molecule has 0 bridgehead atoms. The summed E-state index contributed by atoms with van der Waals surface area (Å²) in [6.45, 7) is 12.4. The highest BCUT2D eigenvalue weighted by molar-refractivity contribution is 6.73. The Labute approximate surface area is 82.1 Å². The van der Waals surface area contributed by atoms with Crippen molar-refractivity contribution in [2.75, 3.05) is 0 Å². The zero-order valence-electron chi connectivity index (χ0n) is 9.55.